The van der Waals surface area contributed by atoms with E-state index in [2.05, 4.69) is 4.74 Å². The molecule has 4 nitrogen and oxygen atoms in total. The number of hydrogen-bond donors (Lipinski definition) is 0. The fourth-order valence-electron chi connectivity index (χ4n) is 0.744. The Morgan fingerprint density at radius 3 is 1.62 bits per heavy atom. The number of esters is 1. The molecular formula is C12H27NO3. The summed E-state index contributed by atoms with van der Waals surface area (Å²) >= 11 is 0. The summed E-state index contributed by atoms with van der Waals surface area (Å²) < 4.78 is 4.35. The van der Waals surface area contributed by atoms with E-state index in [1.165, 1.54) is 7.11 Å². The van der Waals surface area contributed by atoms with Gasteiger partial charge in [-0.25, -0.2) is 0 Å². The Kier molecular flexibility index (Phi) is 17.7. The fraction of sp³-hybridized carbons (Fsp3) is 0.833. The summed E-state index contributed by atoms with van der Waals surface area (Å²) in [7, 11) is 4.95. The van der Waals surface area contributed by atoms with Gasteiger partial charge in [0, 0.05) is 26.9 Å². The molecule has 0 aliphatic heterocycles. The van der Waals surface area contributed by atoms with Crippen LogP contribution in [0.15, 0.2) is 0 Å². The molecule has 1 amide bonds. The smallest absolute Gasteiger partial charge is 0.305 e. The van der Waals surface area contributed by atoms with Gasteiger partial charge in [0.2, 0.25) is 5.91 Å². The van der Waals surface area contributed by atoms with E-state index in [-0.39, 0.29) is 19.3 Å². The van der Waals surface area contributed by atoms with E-state index in [4.69, 9.17) is 0 Å². The summed E-state index contributed by atoms with van der Waals surface area (Å²) in [5, 5.41) is 0. The molecule has 0 N–H and O–H groups in total. The number of rotatable bonds is 4. The van der Waals surface area contributed by atoms with Crippen molar-refractivity contribution in [3.63, 3.8) is 0 Å². The average molecular weight is 233 g/mol. The summed E-state index contributed by atoms with van der Waals surface area (Å²) in [4.78, 5) is 22.5. The van der Waals surface area contributed by atoms with Crippen LogP contribution in [0, 0.1) is 0 Å². The highest BCUT2D eigenvalue weighted by atomic mass is 16.5. The van der Waals surface area contributed by atoms with Crippen molar-refractivity contribution in [1.82, 2.24) is 4.90 Å². The zero-order valence-electron chi connectivity index (χ0n) is 10.5. The Morgan fingerprint density at radius 2 is 1.50 bits per heavy atom. The monoisotopic (exact) mass is 233 g/mol. The highest BCUT2D eigenvalue weighted by Crippen LogP contribution is 1.89. The number of hydrogen-bond acceptors (Lipinski definition) is 3. The highest BCUT2D eigenvalue weighted by molar-refractivity contribution is 5.75. The molecule has 0 aromatic heterocycles. The molecule has 16 heavy (non-hydrogen) atoms. The maximum Gasteiger partial charge on any atom is 0.305 e. The molecule has 0 bridgehead atoms. The van der Waals surface area contributed by atoms with Gasteiger partial charge in [0.25, 0.3) is 0 Å². The van der Waals surface area contributed by atoms with Crippen LogP contribution < -0.4 is 0 Å². The van der Waals surface area contributed by atoms with E-state index in [0.717, 1.165) is 12.8 Å². The van der Waals surface area contributed by atoms with Crippen molar-refractivity contribution in [1.29, 1.82) is 0 Å². The van der Waals surface area contributed by atoms with Crippen LogP contribution in [0.5, 0.6) is 0 Å². The van der Waals surface area contributed by atoms with Crippen molar-refractivity contribution in [3.05, 3.63) is 0 Å². The first-order valence-electron chi connectivity index (χ1n) is 5.26. The maximum absolute atomic E-state index is 10.7. The topological polar surface area (TPSA) is 46.6 Å². The lowest BCUT2D eigenvalue weighted by Gasteiger charge is -2.07. The van der Waals surface area contributed by atoms with Crippen molar-refractivity contribution in [3.8, 4) is 0 Å². The maximum atomic E-state index is 10.7. The Balaban J connectivity index is -0.000000200. The molecule has 0 aromatic rings. The molecule has 0 aliphatic carbocycles. The molecule has 0 rings (SSSR count). The number of methoxy groups -OCH3 is 1. The second-order valence-electron chi connectivity index (χ2n) is 3.36. The second kappa shape index (κ2) is 13.9. The van der Waals surface area contributed by atoms with Crippen molar-refractivity contribution in [2.45, 2.75) is 47.0 Å². The van der Waals surface area contributed by atoms with E-state index in [0.29, 0.717) is 12.8 Å². The van der Waals surface area contributed by atoms with E-state index in [9.17, 15) is 9.59 Å². The quantitative estimate of drug-likeness (QED) is 0.701. The van der Waals surface area contributed by atoms with Gasteiger partial charge in [0.15, 0.2) is 0 Å². The van der Waals surface area contributed by atoms with Gasteiger partial charge in [0.1, 0.15) is 0 Å². The molecule has 4 heteroatoms. The van der Waals surface area contributed by atoms with Gasteiger partial charge in [-0.15, -0.1) is 0 Å². The Morgan fingerprint density at radius 1 is 1.06 bits per heavy atom. The third-order valence-corrected chi connectivity index (χ3v) is 1.64. The van der Waals surface area contributed by atoms with E-state index < -0.39 is 0 Å². The van der Waals surface area contributed by atoms with Gasteiger partial charge in [0.05, 0.1) is 7.11 Å². The number of nitrogens with zero attached hydrogens (tertiary/aromatic N) is 1. The number of amides is 1. The minimum atomic E-state index is -0.123. The van der Waals surface area contributed by atoms with E-state index in [1.54, 1.807) is 19.0 Å². The van der Waals surface area contributed by atoms with Gasteiger partial charge >= 0.3 is 5.97 Å². The minimum Gasteiger partial charge on any atom is -0.469 e. The SMILES string of the molecule is C.CCCC(=O)N(C)C.CCCC(=O)OC. The van der Waals surface area contributed by atoms with Gasteiger partial charge < -0.3 is 9.64 Å². The lowest BCUT2D eigenvalue weighted by atomic mass is 10.3. The first-order chi connectivity index (χ1) is 6.99. The van der Waals surface area contributed by atoms with E-state index in [1.807, 2.05) is 13.8 Å². The van der Waals surface area contributed by atoms with E-state index >= 15 is 0 Å². The summed E-state index contributed by atoms with van der Waals surface area (Å²) in [6.45, 7) is 3.94. The number of carbonyl (C=O) groups excluding carboxylic acids is 2. The van der Waals surface area contributed by atoms with Gasteiger partial charge in [-0.1, -0.05) is 21.3 Å². The predicted molar refractivity (Wildman–Crippen MR) is 67.3 cm³/mol. The van der Waals surface area contributed by atoms with Gasteiger partial charge in [-0.3, -0.25) is 9.59 Å². The average Bonchev–Trinajstić information content (AvgIpc) is 2.19. The minimum absolute atomic E-state index is 0. The molecule has 0 unspecified atom stereocenters. The molecule has 0 spiro atoms. The van der Waals surface area contributed by atoms with Crippen LogP contribution in [0.4, 0.5) is 0 Å². The van der Waals surface area contributed by atoms with Crippen LogP contribution in [0.1, 0.15) is 47.0 Å². The summed E-state index contributed by atoms with van der Waals surface area (Å²) in [5.41, 5.74) is 0. The number of carbonyl (C=O) groups is 2. The fourth-order valence-corrected chi connectivity index (χ4v) is 0.744. The van der Waals surface area contributed by atoms with Gasteiger partial charge in [-0.05, 0) is 12.8 Å². The van der Waals surface area contributed by atoms with Crippen molar-refractivity contribution in [2.75, 3.05) is 21.2 Å². The zero-order chi connectivity index (χ0) is 12.3. The standard InChI is InChI=1S/C6H13NO.C5H10O2.CH4/c1-4-5-6(8)7(2)3;1-3-4-5(6)7-2;/h4-5H2,1-3H3;3-4H2,1-2H3;1H4. The Hall–Kier alpha value is -1.06. The van der Waals surface area contributed by atoms with Crippen molar-refractivity contribution >= 4 is 11.9 Å². The van der Waals surface area contributed by atoms with Crippen LogP contribution >= 0.6 is 0 Å². The molecule has 98 valence electrons. The van der Waals surface area contributed by atoms with Crippen molar-refractivity contribution < 1.29 is 14.3 Å². The molecule has 0 heterocycles. The Bertz CT molecular complexity index is 179. The molecule has 0 aromatic carbocycles. The van der Waals surface area contributed by atoms with Crippen molar-refractivity contribution in [2.24, 2.45) is 0 Å². The third kappa shape index (κ3) is 15.4. The van der Waals surface area contributed by atoms with Gasteiger partial charge in [-0.2, -0.15) is 0 Å². The van der Waals surface area contributed by atoms with Crippen LogP contribution in [0.2, 0.25) is 0 Å². The van der Waals surface area contributed by atoms with Crippen LogP contribution in [-0.2, 0) is 14.3 Å². The third-order valence-electron chi connectivity index (χ3n) is 1.64. The predicted octanol–water partition coefficient (Wildman–Crippen LogP) is 2.47. The molecule has 0 fully saturated rings. The zero-order valence-corrected chi connectivity index (χ0v) is 10.5. The molecular weight excluding hydrogens is 206 g/mol. The molecule has 0 radical (unpaired) electrons. The lowest BCUT2D eigenvalue weighted by molar-refractivity contribution is -0.140. The summed E-state index contributed by atoms with van der Waals surface area (Å²) in [5.74, 6) is 0.0926. The molecule has 0 saturated carbocycles. The van der Waals surface area contributed by atoms with Crippen LogP contribution in [0.3, 0.4) is 0 Å². The van der Waals surface area contributed by atoms with Crippen LogP contribution in [0.25, 0.3) is 0 Å². The first-order valence-corrected chi connectivity index (χ1v) is 5.26. The first kappa shape index (κ1) is 20.4. The lowest BCUT2D eigenvalue weighted by Crippen LogP contribution is -2.20. The number of ether oxygens (including phenoxy) is 1. The molecule has 0 atom stereocenters. The largest absolute Gasteiger partial charge is 0.469 e. The van der Waals surface area contributed by atoms with Crippen LogP contribution in [-0.4, -0.2) is 38.0 Å². The Labute approximate surface area is 100.0 Å². The summed E-state index contributed by atoms with van der Waals surface area (Å²) in [6, 6.07) is 0. The second-order valence-corrected chi connectivity index (χ2v) is 3.36. The normalized spacial score (nSPS) is 8.06. The molecule has 0 saturated heterocycles. The highest BCUT2D eigenvalue weighted by Gasteiger charge is 1.98. The summed E-state index contributed by atoms with van der Waals surface area (Å²) in [6.07, 6.45) is 3.02. The molecule has 0 aliphatic rings.